The number of nitrogens with one attached hydrogen (secondary N) is 1. The number of nitro groups is 1. The molecule has 2 amide bonds. The van der Waals surface area contributed by atoms with Crippen molar-refractivity contribution in [1.82, 2.24) is 10.2 Å². The molecule has 1 saturated heterocycles. The number of carboxylic acid groups (broad SMARTS) is 1. The van der Waals surface area contributed by atoms with Gasteiger partial charge in [0.2, 0.25) is 5.91 Å². The molecular weight excluding hydrogens is 452 g/mol. The summed E-state index contributed by atoms with van der Waals surface area (Å²) in [7, 11) is 0. The van der Waals surface area contributed by atoms with Crippen molar-refractivity contribution in [2.24, 2.45) is 5.92 Å². The van der Waals surface area contributed by atoms with Crippen molar-refractivity contribution in [3.05, 3.63) is 69.3 Å². The lowest BCUT2D eigenvalue weighted by Gasteiger charge is -2.36. The standard InChI is InChI=1S/C25H28N4O6/c1-16-2-4-17(5-3-16)20(15-23(30)31)26-24(32)19-8-9-21(22(14-19)29(34)35)27-10-12-28(13-11-27)25(33)18-6-7-18/h2-5,8-9,14,18,20H,6-7,10-13,15H2,1H3,(H,26,32)(H,30,31). The first-order valence-corrected chi connectivity index (χ1v) is 11.6. The maximum Gasteiger partial charge on any atom is 0.305 e. The molecule has 0 radical (unpaired) electrons. The highest BCUT2D eigenvalue weighted by molar-refractivity contribution is 5.96. The first kappa shape index (κ1) is 24.2. The third-order valence-electron chi connectivity index (χ3n) is 6.46. The van der Waals surface area contributed by atoms with Crippen LogP contribution in [-0.2, 0) is 9.59 Å². The van der Waals surface area contributed by atoms with Gasteiger partial charge in [0.05, 0.1) is 17.4 Å². The molecule has 0 bridgehead atoms. The summed E-state index contributed by atoms with van der Waals surface area (Å²) in [6, 6.07) is 10.7. The van der Waals surface area contributed by atoms with Gasteiger partial charge in [-0.3, -0.25) is 24.5 Å². The topological polar surface area (TPSA) is 133 Å². The fraction of sp³-hybridized carbons (Fsp3) is 0.400. The van der Waals surface area contributed by atoms with Crippen LogP contribution in [0.2, 0.25) is 0 Å². The van der Waals surface area contributed by atoms with Crippen LogP contribution in [0.25, 0.3) is 0 Å². The van der Waals surface area contributed by atoms with Crippen LogP contribution in [0, 0.1) is 23.0 Å². The zero-order chi connectivity index (χ0) is 25.1. The highest BCUT2D eigenvalue weighted by Gasteiger charge is 2.35. The number of aliphatic carboxylic acids is 1. The monoisotopic (exact) mass is 480 g/mol. The normalized spacial score (nSPS) is 16.5. The van der Waals surface area contributed by atoms with E-state index in [4.69, 9.17) is 0 Å². The molecular formula is C25H28N4O6. The van der Waals surface area contributed by atoms with E-state index in [1.807, 2.05) is 28.9 Å². The fourth-order valence-electron chi connectivity index (χ4n) is 4.30. The zero-order valence-electron chi connectivity index (χ0n) is 19.5. The van der Waals surface area contributed by atoms with Crippen molar-refractivity contribution in [3.63, 3.8) is 0 Å². The molecule has 10 nitrogen and oxygen atoms in total. The minimum atomic E-state index is -1.07. The van der Waals surface area contributed by atoms with Crippen LogP contribution in [0.15, 0.2) is 42.5 Å². The van der Waals surface area contributed by atoms with Crippen molar-refractivity contribution >= 4 is 29.2 Å². The van der Waals surface area contributed by atoms with E-state index in [0.29, 0.717) is 37.4 Å². The molecule has 1 saturated carbocycles. The molecule has 1 aliphatic carbocycles. The van der Waals surface area contributed by atoms with E-state index in [2.05, 4.69) is 5.32 Å². The van der Waals surface area contributed by atoms with Gasteiger partial charge in [0.1, 0.15) is 5.69 Å². The van der Waals surface area contributed by atoms with Gasteiger partial charge in [0.25, 0.3) is 11.6 Å². The van der Waals surface area contributed by atoms with Crippen LogP contribution in [0.3, 0.4) is 0 Å². The van der Waals surface area contributed by atoms with E-state index >= 15 is 0 Å². The highest BCUT2D eigenvalue weighted by Crippen LogP contribution is 2.33. The Morgan fingerprint density at radius 1 is 1.09 bits per heavy atom. The van der Waals surface area contributed by atoms with E-state index in [9.17, 15) is 29.6 Å². The van der Waals surface area contributed by atoms with Gasteiger partial charge in [-0.2, -0.15) is 0 Å². The summed E-state index contributed by atoms with van der Waals surface area (Å²) in [4.78, 5) is 51.6. The average Bonchev–Trinajstić information content (AvgIpc) is 3.68. The average molecular weight is 481 g/mol. The van der Waals surface area contributed by atoms with Crippen LogP contribution in [0.5, 0.6) is 0 Å². The van der Waals surface area contributed by atoms with Gasteiger partial charge in [-0.25, -0.2) is 0 Å². The van der Waals surface area contributed by atoms with E-state index in [1.165, 1.54) is 12.1 Å². The lowest BCUT2D eigenvalue weighted by Crippen LogP contribution is -2.49. The molecule has 2 aliphatic rings. The number of hydrogen-bond donors (Lipinski definition) is 2. The summed E-state index contributed by atoms with van der Waals surface area (Å²) in [5.74, 6) is -1.36. The van der Waals surface area contributed by atoms with E-state index < -0.39 is 22.8 Å². The Labute approximate surface area is 202 Å². The van der Waals surface area contributed by atoms with Crippen molar-refractivity contribution in [1.29, 1.82) is 0 Å². The molecule has 35 heavy (non-hydrogen) atoms. The van der Waals surface area contributed by atoms with Gasteiger partial charge in [0.15, 0.2) is 0 Å². The van der Waals surface area contributed by atoms with Crippen LogP contribution in [-0.4, -0.2) is 58.9 Å². The number of carbonyl (C=O) groups is 3. The van der Waals surface area contributed by atoms with Gasteiger partial charge in [-0.1, -0.05) is 29.8 Å². The van der Waals surface area contributed by atoms with Crippen LogP contribution in [0.1, 0.15) is 46.8 Å². The molecule has 2 aromatic rings. The summed E-state index contributed by atoms with van der Waals surface area (Å²) in [5.41, 5.74) is 1.90. The van der Waals surface area contributed by atoms with Crippen molar-refractivity contribution in [3.8, 4) is 0 Å². The van der Waals surface area contributed by atoms with Crippen molar-refractivity contribution in [2.75, 3.05) is 31.1 Å². The van der Waals surface area contributed by atoms with Gasteiger partial charge in [-0.15, -0.1) is 0 Å². The van der Waals surface area contributed by atoms with Crippen LogP contribution >= 0.6 is 0 Å². The summed E-state index contributed by atoms with van der Waals surface area (Å²) >= 11 is 0. The largest absolute Gasteiger partial charge is 0.481 e. The van der Waals surface area contributed by atoms with Crippen molar-refractivity contribution < 1.29 is 24.4 Å². The molecule has 2 N–H and O–H groups in total. The maximum absolute atomic E-state index is 12.9. The van der Waals surface area contributed by atoms with E-state index in [1.54, 1.807) is 18.2 Å². The van der Waals surface area contributed by atoms with Gasteiger partial charge in [-0.05, 0) is 37.5 Å². The van der Waals surface area contributed by atoms with Crippen LogP contribution < -0.4 is 10.2 Å². The molecule has 1 atom stereocenters. The number of amides is 2. The highest BCUT2D eigenvalue weighted by atomic mass is 16.6. The molecule has 1 heterocycles. The minimum absolute atomic E-state index is 0.0745. The quantitative estimate of drug-likeness (QED) is 0.438. The smallest absolute Gasteiger partial charge is 0.305 e. The second kappa shape index (κ2) is 10.1. The number of rotatable bonds is 8. The number of hydrogen-bond acceptors (Lipinski definition) is 6. The summed E-state index contributed by atoms with van der Waals surface area (Å²) in [6.45, 7) is 3.85. The Balaban J connectivity index is 1.49. The third kappa shape index (κ3) is 5.76. The minimum Gasteiger partial charge on any atom is -0.481 e. The first-order chi connectivity index (χ1) is 16.7. The molecule has 1 aliphatic heterocycles. The van der Waals surface area contributed by atoms with E-state index in [0.717, 1.165) is 18.4 Å². The van der Waals surface area contributed by atoms with Crippen LogP contribution in [0.4, 0.5) is 11.4 Å². The Hall–Kier alpha value is -3.95. The van der Waals surface area contributed by atoms with Gasteiger partial charge in [0, 0.05) is 43.7 Å². The fourth-order valence-corrected chi connectivity index (χ4v) is 4.30. The number of carbonyl (C=O) groups excluding carboxylic acids is 2. The number of piperazine rings is 1. The number of anilines is 1. The SMILES string of the molecule is Cc1ccc(C(CC(=O)O)NC(=O)c2ccc(N3CCN(C(=O)C4CC4)CC3)c([N+](=O)[O-])c2)cc1. The number of nitrogens with zero attached hydrogens (tertiary/aromatic N) is 3. The number of nitro benzene ring substituents is 1. The Morgan fingerprint density at radius 3 is 2.31 bits per heavy atom. The number of carboxylic acids is 1. The molecule has 0 spiro atoms. The lowest BCUT2D eigenvalue weighted by molar-refractivity contribution is -0.384. The number of aryl methyl sites for hydroxylation is 1. The summed E-state index contributed by atoms with van der Waals surface area (Å²) in [5, 5.41) is 23.8. The first-order valence-electron chi connectivity index (χ1n) is 11.6. The lowest BCUT2D eigenvalue weighted by atomic mass is 10.0. The Kier molecular flexibility index (Phi) is 6.99. The third-order valence-corrected chi connectivity index (χ3v) is 6.46. The maximum atomic E-state index is 12.9. The molecule has 184 valence electrons. The molecule has 10 heteroatoms. The molecule has 2 aromatic carbocycles. The molecule has 0 aromatic heterocycles. The molecule has 1 unspecified atom stereocenters. The second-order valence-electron chi connectivity index (χ2n) is 9.08. The zero-order valence-corrected chi connectivity index (χ0v) is 19.5. The predicted molar refractivity (Wildman–Crippen MR) is 128 cm³/mol. The molecule has 2 fully saturated rings. The van der Waals surface area contributed by atoms with E-state index in [-0.39, 0.29) is 29.5 Å². The number of benzene rings is 2. The Bertz CT molecular complexity index is 1140. The summed E-state index contributed by atoms with van der Waals surface area (Å²) in [6.07, 6.45) is 1.55. The second-order valence-corrected chi connectivity index (χ2v) is 9.08. The van der Waals surface area contributed by atoms with Crippen molar-refractivity contribution in [2.45, 2.75) is 32.2 Å². The Morgan fingerprint density at radius 2 is 1.74 bits per heavy atom. The predicted octanol–water partition coefficient (Wildman–Crippen LogP) is 2.91. The van der Waals surface area contributed by atoms with Gasteiger partial charge < -0.3 is 20.2 Å². The molecule has 4 rings (SSSR count). The van der Waals surface area contributed by atoms with Gasteiger partial charge >= 0.3 is 5.97 Å². The summed E-state index contributed by atoms with van der Waals surface area (Å²) < 4.78 is 0.